The number of thioether (sulfide) groups is 1. The Hall–Kier alpha value is -1.30. The Morgan fingerprint density at radius 1 is 1.55 bits per heavy atom. The fourth-order valence-electron chi connectivity index (χ4n) is 0.223. The molecule has 0 aromatic carbocycles. The number of nitro groups is 1. The summed E-state index contributed by atoms with van der Waals surface area (Å²) in [4.78, 5) is 18.9. The first kappa shape index (κ1) is 9.70. The van der Waals surface area contributed by atoms with Gasteiger partial charge in [0, 0.05) is 0 Å². The molecule has 0 aromatic rings. The molecular formula is C5H5NO4S. The van der Waals surface area contributed by atoms with E-state index in [0.717, 1.165) is 0 Å². The first-order valence-corrected chi connectivity index (χ1v) is 3.20. The third kappa shape index (κ3) is 3.41. The lowest BCUT2D eigenvalue weighted by Crippen LogP contribution is -1.98. The molecule has 0 aliphatic rings. The van der Waals surface area contributed by atoms with Gasteiger partial charge in [-0.05, 0) is 18.3 Å². The van der Waals surface area contributed by atoms with Gasteiger partial charge in [0.15, 0.2) is 0 Å². The van der Waals surface area contributed by atoms with Crippen molar-refractivity contribution in [1.29, 1.82) is 0 Å². The lowest BCUT2D eigenvalue weighted by atomic mass is 10.7. The Labute approximate surface area is 66.6 Å². The summed E-state index contributed by atoms with van der Waals surface area (Å²) >= 11 is 0.428. The standard InChI is InChI=1S/C5H5NO4S/c1-3(5(7)8)11-4(2)6(9)10/h1-2H2,(H,7,8). The Morgan fingerprint density at radius 2 is 2.00 bits per heavy atom. The summed E-state index contributed by atoms with van der Waals surface area (Å²) in [6.45, 7) is 6.09. The van der Waals surface area contributed by atoms with Gasteiger partial charge < -0.3 is 5.11 Å². The van der Waals surface area contributed by atoms with Gasteiger partial charge in [-0.2, -0.15) is 0 Å². The van der Waals surface area contributed by atoms with E-state index in [1.165, 1.54) is 0 Å². The SMILES string of the molecule is C=C(SC(=C)[N+](=O)[O-])C(=O)O. The molecule has 0 bridgehead atoms. The van der Waals surface area contributed by atoms with E-state index < -0.39 is 15.9 Å². The van der Waals surface area contributed by atoms with Gasteiger partial charge in [0.1, 0.15) is 0 Å². The minimum Gasteiger partial charge on any atom is -0.477 e. The molecule has 6 heteroatoms. The van der Waals surface area contributed by atoms with Crippen LogP contribution in [0.2, 0.25) is 0 Å². The second-order valence-electron chi connectivity index (χ2n) is 1.48. The van der Waals surface area contributed by atoms with E-state index >= 15 is 0 Å². The predicted octanol–water partition coefficient (Wildman–Crippen LogP) is 1.07. The van der Waals surface area contributed by atoms with Crippen LogP contribution >= 0.6 is 11.8 Å². The zero-order chi connectivity index (χ0) is 9.02. The van der Waals surface area contributed by atoms with Crippen LogP contribution in [0.1, 0.15) is 0 Å². The number of carbonyl (C=O) groups is 1. The van der Waals surface area contributed by atoms with Crippen molar-refractivity contribution in [3.05, 3.63) is 33.2 Å². The van der Waals surface area contributed by atoms with Crippen LogP contribution in [-0.4, -0.2) is 16.0 Å². The van der Waals surface area contributed by atoms with Gasteiger partial charge in [0.05, 0.1) is 9.83 Å². The second-order valence-corrected chi connectivity index (χ2v) is 2.65. The van der Waals surface area contributed by atoms with Crippen LogP contribution in [0.25, 0.3) is 0 Å². The highest BCUT2D eigenvalue weighted by Crippen LogP contribution is 2.22. The Kier molecular flexibility index (Phi) is 3.32. The highest BCUT2D eigenvalue weighted by atomic mass is 32.2. The van der Waals surface area contributed by atoms with Gasteiger partial charge in [-0.1, -0.05) is 6.58 Å². The normalized spacial score (nSPS) is 8.73. The van der Waals surface area contributed by atoms with Crippen molar-refractivity contribution in [1.82, 2.24) is 0 Å². The van der Waals surface area contributed by atoms with Crippen molar-refractivity contribution in [3.8, 4) is 0 Å². The van der Waals surface area contributed by atoms with Gasteiger partial charge in [-0.3, -0.25) is 10.1 Å². The van der Waals surface area contributed by atoms with Gasteiger partial charge in [-0.25, -0.2) is 4.79 Å². The fourth-order valence-corrected chi connectivity index (χ4v) is 0.669. The minimum absolute atomic E-state index is 0.313. The number of rotatable bonds is 4. The van der Waals surface area contributed by atoms with Crippen molar-refractivity contribution in [2.45, 2.75) is 0 Å². The van der Waals surface area contributed by atoms with Crippen molar-refractivity contribution in [2.75, 3.05) is 0 Å². The van der Waals surface area contributed by atoms with E-state index in [9.17, 15) is 14.9 Å². The summed E-state index contributed by atoms with van der Waals surface area (Å²) in [5.41, 5.74) is 0. The zero-order valence-corrected chi connectivity index (χ0v) is 6.26. The number of aliphatic carboxylic acids is 1. The topological polar surface area (TPSA) is 80.4 Å². The third-order valence-electron chi connectivity index (χ3n) is 0.683. The first-order valence-electron chi connectivity index (χ1n) is 2.38. The molecule has 0 atom stereocenters. The maximum absolute atomic E-state index is 10.1. The molecule has 0 radical (unpaired) electrons. The van der Waals surface area contributed by atoms with E-state index in [0.29, 0.717) is 11.8 Å². The molecule has 0 amide bonds. The summed E-state index contributed by atoms with van der Waals surface area (Å²) in [5.74, 6) is -1.28. The highest BCUT2D eigenvalue weighted by molar-refractivity contribution is 8.07. The fraction of sp³-hybridized carbons (Fsp3) is 0. The molecule has 0 fully saturated rings. The van der Waals surface area contributed by atoms with Crippen LogP contribution < -0.4 is 0 Å². The Morgan fingerprint density at radius 3 is 2.27 bits per heavy atom. The number of nitrogens with zero attached hydrogens (tertiary/aromatic N) is 1. The maximum Gasteiger partial charge on any atom is 0.342 e. The average Bonchev–Trinajstić information content (AvgIpc) is 1.87. The smallest absolute Gasteiger partial charge is 0.342 e. The van der Waals surface area contributed by atoms with Crippen molar-refractivity contribution in [3.63, 3.8) is 0 Å². The highest BCUT2D eigenvalue weighted by Gasteiger charge is 2.14. The monoisotopic (exact) mass is 175 g/mol. The minimum atomic E-state index is -1.28. The quantitative estimate of drug-likeness (QED) is 0.392. The summed E-state index contributed by atoms with van der Waals surface area (Å²) in [7, 11) is 0. The molecule has 0 aromatic heterocycles. The third-order valence-corrected chi connectivity index (χ3v) is 1.49. The summed E-state index contributed by atoms with van der Waals surface area (Å²) < 4.78 is 0. The lowest BCUT2D eigenvalue weighted by Gasteiger charge is -1.94. The molecule has 0 aliphatic heterocycles. The first-order chi connectivity index (χ1) is 4.95. The largest absolute Gasteiger partial charge is 0.477 e. The van der Waals surface area contributed by atoms with Crippen LogP contribution in [0.4, 0.5) is 0 Å². The Bertz CT molecular complexity index is 211. The van der Waals surface area contributed by atoms with Crippen LogP contribution in [0, 0.1) is 10.1 Å². The number of hydrogen-bond acceptors (Lipinski definition) is 4. The van der Waals surface area contributed by atoms with E-state index in [1.807, 2.05) is 0 Å². The second kappa shape index (κ2) is 3.77. The maximum atomic E-state index is 10.1. The van der Waals surface area contributed by atoms with Gasteiger partial charge in [0.25, 0.3) is 0 Å². The molecule has 1 N–H and O–H groups in total. The molecule has 60 valence electrons. The van der Waals surface area contributed by atoms with E-state index in [1.54, 1.807) is 0 Å². The molecule has 0 saturated heterocycles. The Balaban J connectivity index is 4.07. The molecular weight excluding hydrogens is 170 g/mol. The van der Waals surface area contributed by atoms with Crippen molar-refractivity contribution >= 4 is 17.7 Å². The van der Waals surface area contributed by atoms with Crippen LogP contribution in [-0.2, 0) is 4.79 Å². The number of hydrogen-bond donors (Lipinski definition) is 1. The zero-order valence-electron chi connectivity index (χ0n) is 5.44. The molecule has 0 spiro atoms. The molecule has 11 heavy (non-hydrogen) atoms. The number of carboxylic acids is 1. The summed E-state index contributed by atoms with van der Waals surface area (Å²) in [6, 6.07) is 0. The van der Waals surface area contributed by atoms with Crippen LogP contribution in [0.3, 0.4) is 0 Å². The van der Waals surface area contributed by atoms with Gasteiger partial charge in [0.2, 0.25) is 0 Å². The lowest BCUT2D eigenvalue weighted by molar-refractivity contribution is -0.409. The summed E-state index contributed by atoms with van der Waals surface area (Å²) in [6.07, 6.45) is 0. The average molecular weight is 175 g/mol. The predicted molar refractivity (Wildman–Crippen MR) is 40.5 cm³/mol. The number of carboxylic acid groups (broad SMARTS) is 1. The molecule has 0 rings (SSSR count). The molecule has 0 saturated carbocycles. The van der Waals surface area contributed by atoms with Crippen molar-refractivity contribution < 1.29 is 14.8 Å². The van der Waals surface area contributed by atoms with E-state index in [2.05, 4.69) is 13.2 Å². The van der Waals surface area contributed by atoms with Crippen LogP contribution in [0.5, 0.6) is 0 Å². The molecule has 5 nitrogen and oxygen atoms in total. The van der Waals surface area contributed by atoms with Crippen molar-refractivity contribution in [2.24, 2.45) is 0 Å². The van der Waals surface area contributed by atoms with Crippen LogP contribution in [0.15, 0.2) is 23.1 Å². The molecule has 0 aliphatic carbocycles. The van der Waals surface area contributed by atoms with Gasteiger partial charge >= 0.3 is 11.0 Å². The van der Waals surface area contributed by atoms with E-state index in [4.69, 9.17) is 5.11 Å². The molecule has 0 unspecified atom stereocenters. The van der Waals surface area contributed by atoms with E-state index in [-0.39, 0.29) is 4.91 Å². The summed E-state index contributed by atoms with van der Waals surface area (Å²) in [5, 5.41) is 17.7. The van der Waals surface area contributed by atoms with Gasteiger partial charge in [-0.15, -0.1) is 0 Å². The molecule has 0 heterocycles.